The van der Waals surface area contributed by atoms with Crippen LogP contribution in [-0.2, 0) is 11.3 Å². The molecule has 3 aromatic rings. The van der Waals surface area contributed by atoms with E-state index in [1.165, 1.54) is 23.0 Å². The van der Waals surface area contributed by atoms with E-state index < -0.39 is 17.0 Å². The Hall–Kier alpha value is -4.12. The second-order valence-corrected chi connectivity index (χ2v) is 6.07. The Morgan fingerprint density at radius 3 is 2.55 bits per heavy atom. The van der Waals surface area contributed by atoms with Gasteiger partial charge in [-0.1, -0.05) is 6.07 Å². The van der Waals surface area contributed by atoms with Gasteiger partial charge in [0.15, 0.2) is 0 Å². The highest BCUT2D eigenvalue weighted by atomic mass is 16.5. The molecule has 146 valence electrons. The van der Waals surface area contributed by atoms with E-state index in [2.05, 4.69) is 5.32 Å². The lowest BCUT2D eigenvalue weighted by Crippen LogP contribution is -2.41. The smallest absolute Gasteiger partial charge is 0.320 e. The number of anilines is 1. The van der Waals surface area contributed by atoms with Crippen LogP contribution in [0.5, 0.6) is 5.75 Å². The summed E-state index contributed by atoms with van der Waals surface area (Å²) in [7, 11) is 0. The van der Waals surface area contributed by atoms with E-state index in [0.29, 0.717) is 29.3 Å². The van der Waals surface area contributed by atoms with E-state index in [9.17, 15) is 14.4 Å². The Morgan fingerprint density at radius 2 is 1.86 bits per heavy atom. The second kappa shape index (κ2) is 8.71. The molecule has 0 aliphatic carbocycles. The number of hydrogen-bond acceptors (Lipinski definition) is 5. The molecule has 0 radical (unpaired) electrons. The summed E-state index contributed by atoms with van der Waals surface area (Å²) in [5.74, 6) is 0.176. The molecule has 0 spiro atoms. The van der Waals surface area contributed by atoms with Crippen LogP contribution in [0.25, 0.3) is 5.69 Å². The van der Waals surface area contributed by atoms with Gasteiger partial charge >= 0.3 is 11.1 Å². The van der Waals surface area contributed by atoms with Gasteiger partial charge in [-0.05, 0) is 49.4 Å². The molecule has 0 aliphatic heterocycles. The predicted molar refractivity (Wildman–Crippen MR) is 107 cm³/mol. The first-order chi connectivity index (χ1) is 14.0. The Bertz CT molecular complexity index is 1190. The van der Waals surface area contributed by atoms with Crippen LogP contribution < -0.4 is 21.2 Å². The Labute approximate surface area is 166 Å². The van der Waals surface area contributed by atoms with E-state index in [1.807, 2.05) is 13.0 Å². The van der Waals surface area contributed by atoms with Gasteiger partial charge in [0.2, 0.25) is 5.91 Å². The van der Waals surface area contributed by atoms with Gasteiger partial charge in [0.05, 0.1) is 18.2 Å². The minimum absolute atomic E-state index is 0.324. The van der Waals surface area contributed by atoms with Crippen LogP contribution in [0, 0.1) is 11.3 Å². The minimum atomic E-state index is -0.817. The van der Waals surface area contributed by atoms with Crippen LogP contribution in [0.4, 0.5) is 5.69 Å². The zero-order valence-electron chi connectivity index (χ0n) is 15.7. The largest absolute Gasteiger partial charge is 0.494 e. The molecule has 1 aromatic heterocycles. The van der Waals surface area contributed by atoms with Crippen LogP contribution in [0.3, 0.4) is 0 Å². The lowest BCUT2D eigenvalue weighted by atomic mass is 10.2. The lowest BCUT2D eigenvalue weighted by molar-refractivity contribution is -0.116. The molecule has 0 unspecified atom stereocenters. The third kappa shape index (κ3) is 4.59. The lowest BCUT2D eigenvalue weighted by Gasteiger charge is -2.10. The molecule has 0 fully saturated rings. The number of nitrogens with zero attached hydrogens (tertiary/aromatic N) is 3. The fourth-order valence-corrected chi connectivity index (χ4v) is 2.73. The number of aromatic nitrogens is 2. The SMILES string of the molecule is CCOc1ccc(-n2ccn(CC(=O)Nc3cccc(C#N)c3)c(=O)c2=O)cc1. The normalized spacial score (nSPS) is 10.2. The zero-order valence-corrected chi connectivity index (χ0v) is 15.7. The maximum Gasteiger partial charge on any atom is 0.320 e. The van der Waals surface area contributed by atoms with Crippen molar-refractivity contribution < 1.29 is 9.53 Å². The van der Waals surface area contributed by atoms with Gasteiger partial charge in [0, 0.05) is 23.8 Å². The average molecular weight is 390 g/mol. The number of rotatable bonds is 6. The Morgan fingerprint density at radius 1 is 1.10 bits per heavy atom. The number of nitrogens with one attached hydrogen (secondary N) is 1. The second-order valence-electron chi connectivity index (χ2n) is 6.07. The highest BCUT2D eigenvalue weighted by molar-refractivity contribution is 5.90. The summed E-state index contributed by atoms with van der Waals surface area (Å²) in [6.45, 7) is 2.07. The molecule has 3 rings (SSSR count). The van der Waals surface area contributed by atoms with E-state index in [-0.39, 0.29) is 6.54 Å². The van der Waals surface area contributed by atoms with Gasteiger partial charge in [0.25, 0.3) is 0 Å². The molecular weight excluding hydrogens is 372 g/mol. The summed E-state index contributed by atoms with van der Waals surface area (Å²) >= 11 is 0. The monoisotopic (exact) mass is 390 g/mol. The summed E-state index contributed by atoms with van der Waals surface area (Å²) in [5, 5.41) is 11.5. The van der Waals surface area contributed by atoms with Gasteiger partial charge in [-0.2, -0.15) is 5.26 Å². The third-order valence-corrected chi connectivity index (χ3v) is 4.07. The fourth-order valence-electron chi connectivity index (χ4n) is 2.73. The first kappa shape index (κ1) is 19.6. The summed E-state index contributed by atoms with van der Waals surface area (Å²) in [5.41, 5.74) is -0.235. The van der Waals surface area contributed by atoms with Gasteiger partial charge in [0.1, 0.15) is 12.3 Å². The van der Waals surface area contributed by atoms with Crippen LogP contribution in [0.1, 0.15) is 12.5 Å². The van der Waals surface area contributed by atoms with Crippen LogP contribution >= 0.6 is 0 Å². The number of amides is 1. The van der Waals surface area contributed by atoms with Crippen molar-refractivity contribution in [2.24, 2.45) is 0 Å². The summed E-state index contributed by atoms with van der Waals surface area (Å²) < 4.78 is 7.61. The van der Waals surface area contributed by atoms with Crippen molar-refractivity contribution in [3.63, 3.8) is 0 Å². The zero-order chi connectivity index (χ0) is 20.8. The Balaban J connectivity index is 1.78. The van der Waals surface area contributed by atoms with Crippen LogP contribution in [-0.4, -0.2) is 21.6 Å². The topological polar surface area (TPSA) is 106 Å². The molecule has 1 N–H and O–H groups in total. The van der Waals surface area contributed by atoms with Crippen molar-refractivity contribution in [1.82, 2.24) is 9.13 Å². The molecule has 0 saturated carbocycles. The highest BCUT2D eigenvalue weighted by Crippen LogP contribution is 2.14. The summed E-state index contributed by atoms with van der Waals surface area (Å²) in [6, 6.07) is 15.1. The van der Waals surface area contributed by atoms with Gasteiger partial charge in [-0.25, -0.2) is 0 Å². The average Bonchev–Trinajstić information content (AvgIpc) is 2.73. The van der Waals surface area contributed by atoms with Crippen LogP contribution in [0.2, 0.25) is 0 Å². The molecular formula is C21H18N4O4. The van der Waals surface area contributed by atoms with E-state index in [1.54, 1.807) is 42.5 Å². The fraction of sp³-hybridized carbons (Fsp3) is 0.143. The van der Waals surface area contributed by atoms with Crippen molar-refractivity contribution in [3.8, 4) is 17.5 Å². The summed E-state index contributed by atoms with van der Waals surface area (Å²) in [6.07, 6.45) is 2.81. The number of hydrogen-bond donors (Lipinski definition) is 1. The third-order valence-electron chi connectivity index (χ3n) is 4.07. The molecule has 0 bridgehead atoms. The van der Waals surface area contributed by atoms with Crippen molar-refractivity contribution in [2.45, 2.75) is 13.5 Å². The van der Waals surface area contributed by atoms with Crippen LogP contribution in [0.15, 0.2) is 70.5 Å². The number of carbonyl (C=O) groups is 1. The van der Waals surface area contributed by atoms with E-state index >= 15 is 0 Å². The maximum atomic E-state index is 12.5. The quantitative estimate of drug-likeness (QED) is 0.647. The van der Waals surface area contributed by atoms with Gasteiger partial charge in [-0.3, -0.25) is 23.5 Å². The molecule has 0 aliphatic rings. The van der Waals surface area contributed by atoms with Crippen molar-refractivity contribution in [2.75, 3.05) is 11.9 Å². The van der Waals surface area contributed by atoms with Crippen molar-refractivity contribution >= 4 is 11.6 Å². The van der Waals surface area contributed by atoms with Gasteiger partial charge < -0.3 is 10.1 Å². The summed E-state index contributed by atoms with van der Waals surface area (Å²) in [4.78, 5) is 37.1. The predicted octanol–water partition coefficient (Wildman–Crippen LogP) is 1.91. The molecule has 0 saturated heterocycles. The number of nitriles is 1. The molecule has 2 aromatic carbocycles. The number of carbonyl (C=O) groups excluding carboxylic acids is 1. The maximum absolute atomic E-state index is 12.5. The van der Waals surface area contributed by atoms with Crippen molar-refractivity contribution in [3.05, 3.63) is 87.2 Å². The van der Waals surface area contributed by atoms with E-state index in [4.69, 9.17) is 10.00 Å². The van der Waals surface area contributed by atoms with Crippen molar-refractivity contribution in [1.29, 1.82) is 5.26 Å². The molecule has 0 atom stereocenters. The van der Waals surface area contributed by atoms with E-state index in [0.717, 1.165) is 4.57 Å². The Kier molecular flexibility index (Phi) is 5.90. The molecule has 29 heavy (non-hydrogen) atoms. The molecule has 8 nitrogen and oxygen atoms in total. The molecule has 8 heteroatoms. The minimum Gasteiger partial charge on any atom is -0.494 e. The first-order valence-corrected chi connectivity index (χ1v) is 8.87. The van der Waals surface area contributed by atoms with Gasteiger partial charge in [-0.15, -0.1) is 0 Å². The number of benzene rings is 2. The standard InChI is InChI=1S/C21H18N4O4/c1-2-29-18-8-6-17(7-9-18)25-11-10-24(20(27)21(25)28)14-19(26)23-16-5-3-4-15(12-16)13-22/h3-12H,2,14H2,1H3,(H,23,26). The molecule has 1 heterocycles. The number of ether oxygens (including phenoxy) is 1. The molecule has 1 amide bonds. The first-order valence-electron chi connectivity index (χ1n) is 8.87. The highest BCUT2D eigenvalue weighted by Gasteiger charge is 2.10.